The number of hydrogen-bond donors (Lipinski definition) is 2. The molecule has 0 aromatic heterocycles. The van der Waals surface area contributed by atoms with Crippen LogP contribution in [0.15, 0.2) is 0 Å². The van der Waals surface area contributed by atoms with Crippen molar-refractivity contribution >= 4 is 23.6 Å². The molecule has 0 aromatic carbocycles. The topological polar surface area (TPSA) is 66.4 Å². The van der Waals surface area contributed by atoms with E-state index in [-0.39, 0.29) is 11.8 Å². The smallest absolute Gasteiger partial charge is 0.307 e. The Labute approximate surface area is 100 Å². The van der Waals surface area contributed by atoms with E-state index in [1.54, 1.807) is 11.8 Å². The number of amides is 1. The Morgan fingerprint density at radius 1 is 1.31 bits per heavy atom. The van der Waals surface area contributed by atoms with Gasteiger partial charge in [0, 0.05) is 12.3 Å². The third-order valence-electron chi connectivity index (χ3n) is 3.03. The van der Waals surface area contributed by atoms with Crippen LogP contribution in [0.5, 0.6) is 0 Å². The first-order chi connectivity index (χ1) is 7.66. The van der Waals surface area contributed by atoms with Gasteiger partial charge in [-0.25, -0.2) is 0 Å². The van der Waals surface area contributed by atoms with E-state index in [1.807, 2.05) is 6.26 Å². The molecule has 0 bridgehead atoms. The van der Waals surface area contributed by atoms with Crippen LogP contribution in [0.4, 0.5) is 0 Å². The summed E-state index contributed by atoms with van der Waals surface area (Å²) in [7, 11) is 0. The number of rotatable bonds is 5. The molecular formula is C11H19NO3S. The van der Waals surface area contributed by atoms with E-state index in [9.17, 15) is 9.59 Å². The van der Waals surface area contributed by atoms with Gasteiger partial charge in [-0.2, -0.15) is 11.8 Å². The molecule has 0 saturated heterocycles. The van der Waals surface area contributed by atoms with Crippen LogP contribution in [0.3, 0.4) is 0 Å². The molecule has 1 saturated carbocycles. The SMILES string of the molecule is CSCCNC(=O)C1CCCCC1C(=O)O. The van der Waals surface area contributed by atoms with Crippen molar-refractivity contribution in [2.45, 2.75) is 25.7 Å². The summed E-state index contributed by atoms with van der Waals surface area (Å²) in [6, 6.07) is 0. The fraction of sp³-hybridized carbons (Fsp3) is 0.818. The molecule has 1 rings (SSSR count). The van der Waals surface area contributed by atoms with Crippen LogP contribution in [-0.2, 0) is 9.59 Å². The van der Waals surface area contributed by atoms with Crippen molar-refractivity contribution < 1.29 is 14.7 Å². The molecule has 1 aliphatic rings. The number of hydrogen-bond acceptors (Lipinski definition) is 3. The Morgan fingerprint density at radius 3 is 2.50 bits per heavy atom. The fourth-order valence-electron chi connectivity index (χ4n) is 2.15. The average Bonchev–Trinajstić information content (AvgIpc) is 2.29. The van der Waals surface area contributed by atoms with E-state index in [0.29, 0.717) is 19.4 Å². The first-order valence-electron chi connectivity index (χ1n) is 5.66. The molecule has 92 valence electrons. The largest absolute Gasteiger partial charge is 0.481 e. The summed E-state index contributed by atoms with van der Waals surface area (Å²) in [5.74, 6) is -0.849. The first-order valence-corrected chi connectivity index (χ1v) is 7.05. The quantitative estimate of drug-likeness (QED) is 0.718. The number of carboxylic acids is 1. The van der Waals surface area contributed by atoms with Crippen molar-refractivity contribution in [1.82, 2.24) is 5.32 Å². The number of aliphatic carboxylic acids is 1. The number of carboxylic acid groups (broad SMARTS) is 1. The lowest BCUT2D eigenvalue weighted by Gasteiger charge is -2.27. The summed E-state index contributed by atoms with van der Waals surface area (Å²) in [6.07, 6.45) is 5.21. The van der Waals surface area contributed by atoms with Crippen LogP contribution in [0, 0.1) is 11.8 Å². The molecule has 0 spiro atoms. The van der Waals surface area contributed by atoms with Gasteiger partial charge >= 0.3 is 5.97 Å². The molecule has 16 heavy (non-hydrogen) atoms. The van der Waals surface area contributed by atoms with Gasteiger partial charge in [-0.15, -0.1) is 0 Å². The van der Waals surface area contributed by atoms with Crippen molar-refractivity contribution in [2.24, 2.45) is 11.8 Å². The molecule has 1 amide bonds. The molecule has 1 fully saturated rings. The van der Waals surface area contributed by atoms with Gasteiger partial charge in [-0.3, -0.25) is 9.59 Å². The van der Waals surface area contributed by atoms with E-state index >= 15 is 0 Å². The minimum atomic E-state index is -0.829. The predicted molar refractivity (Wildman–Crippen MR) is 64.5 cm³/mol. The van der Waals surface area contributed by atoms with E-state index in [1.165, 1.54) is 0 Å². The second kappa shape index (κ2) is 6.78. The zero-order valence-electron chi connectivity index (χ0n) is 9.57. The Morgan fingerprint density at radius 2 is 1.94 bits per heavy atom. The van der Waals surface area contributed by atoms with Crippen molar-refractivity contribution in [3.05, 3.63) is 0 Å². The molecule has 2 atom stereocenters. The molecule has 2 N–H and O–H groups in total. The van der Waals surface area contributed by atoms with Gasteiger partial charge in [0.2, 0.25) is 5.91 Å². The van der Waals surface area contributed by atoms with Crippen LogP contribution < -0.4 is 5.32 Å². The monoisotopic (exact) mass is 245 g/mol. The van der Waals surface area contributed by atoms with Crippen LogP contribution >= 0.6 is 11.8 Å². The number of carbonyl (C=O) groups excluding carboxylic acids is 1. The highest BCUT2D eigenvalue weighted by molar-refractivity contribution is 7.98. The zero-order chi connectivity index (χ0) is 12.0. The van der Waals surface area contributed by atoms with E-state index < -0.39 is 11.9 Å². The second-order valence-electron chi connectivity index (χ2n) is 4.12. The van der Waals surface area contributed by atoms with Crippen LogP contribution in [0.1, 0.15) is 25.7 Å². The van der Waals surface area contributed by atoms with Crippen LogP contribution in [0.2, 0.25) is 0 Å². The highest BCUT2D eigenvalue weighted by Crippen LogP contribution is 2.30. The molecule has 4 nitrogen and oxygen atoms in total. The minimum Gasteiger partial charge on any atom is -0.481 e. The Bertz CT molecular complexity index is 258. The fourth-order valence-corrected chi connectivity index (χ4v) is 2.45. The zero-order valence-corrected chi connectivity index (χ0v) is 10.4. The van der Waals surface area contributed by atoms with E-state index in [4.69, 9.17) is 5.11 Å². The summed E-state index contributed by atoms with van der Waals surface area (Å²) in [5, 5.41) is 11.9. The highest BCUT2D eigenvalue weighted by Gasteiger charge is 2.35. The van der Waals surface area contributed by atoms with E-state index in [2.05, 4.69) is 5.32 Å². The summed E-state index contributed by atoms with van der Waals surface area (Å²) >= 11 is 1.67. The molecule has 5 heteroatoms. The summed E-state index contributed by atoms with van der Waals surface area (Å²) < 4.78 is 0. The third kappa shape index (κ3) is 3.70. The number of carbonyl (C=O) groups is 2. The van der Waals surface area contributed by atoms with Gasteiger partial charge in [0.1, 0.15) is 0 Å². The molecule has 0 aliphatic heterocycles. The number of nitrogens with one attached hydrogen (secondary N) is 1. The van der Waals surface area contributed by atoms with Crippen LogP contribution in [-0.4, -0.2) is 35.5 Å². The Kier molecular flexibility index (Phi) is 5.66. The molecule has 2 unspecified atom stereocenters. The maximum atomic E-state index is 11.8. The van der Waals surface area contributed by atoms with E-state index in [0.717, 1.165) is 18.6 Å². The predicted octanol–water partition coefficient (Wildman–Crippen LogP) is 1.36. The molecule has 0 heterocycles. The molecule has 1 aliphatic carbocycles. The van der Waals surface area contributed by atoms with Crippen molar-refractivity contribution in [1.29, 1.82) is 0 Å². The van der Waals surface area contributed by atoms with Gasteiger partial charge in [0.15, 0.2) is 0 Å². The molecule has 0 radical (unpaired) electrons. The second-order valence-corrected chi connectivity index (χ2v) is 5.11. The third-order valence-corrected chi connectivity index (χ3v) is 3.64. The van der Waals surface area contributed by atoms with Gasteiger partial charge < -0.3 is 10.4 Å². The number of thioether (sulfide) groups is 1. The molecule has 0 aromatic rings. The lowest BCUT2D eigenvalue weighted by molar-refractivity contribution is -0.148. The first kappa shape index (κ1) is 13.4. The van der Waals surface area contributed by atoms with Crippen molar-refractivity contribution in [2.75, 3.05) is 18.6 Å². The summed E-state index contributed by atoms with van der Waals surface area (Å²) in [6.45, 7) is 0.628. The maximum absolute atomic E-state index is 11.8. The molecular weight excluding hydrogens is 226 g/mol. The Hall–Kier alpha value is -0.710. The summed E-state index contributed by atoms with van der Waals surface area (Å²) in [5.41, 5.74) is 0. The Balaban J connectivity index is 2.47. The van der Waals surface area contributed by atoms with Gasteiger partial charge in [0.05, 0.1) is 11.8 Å². The van der Waals surface area contributed by atoms with Crippen LogP contribution in [0.25, 0.3) is 0 Å². The average molecular weight is 245 g/mol. The lowest BCUT2D eigenvalue weighted by atomic mass is 9.79. The minimum absolute atomic E-state index is 0.0823. The standard InChI is InChI=1S/C11H19NO3S/c1-16-7-6-12-10(13)8-4-2-3-5-9(8)11(14)15/h8-9H,2-7H2,1H3,(H,12,13)(H,14,15). The van der Waals surface area contributed by atoms with Gasteiger partial charge in [-0.05, 0) is 19.1 Å². The normalized spacial score (nSPS) is 25.1. The highest BCUT2D eigenvalue weighted by atomic mass is 32.2. The van der Waals surface area contributed by atoms with Gasteiger partial charge in [-0.1, -0.05) is 12.8 Å². The summed E-state index contributed by atoms with van der Waals surface area (Å²) in [4.78, 5) is 22.8. The maximum Gasteiger partial charge on any atom is 0.307 e. The van der Waals surface area contributed by atoms with Crippen molar-refractivity contribution in [3.8, 4) is 0 Å². The lowest BCUT2D eigenvalue weighted by Crippen LogP contribution is -2.40. The van der Waals surface area contributed by atoms with Crippen molar-refractivity contribution in [3.63, 3.8) is 0 Å². The van der Waals surface area contributed by atoms with Gasteiger partial charge in [0.25, 0.3) is 0 Å².